The van der Waals surface area contributed by atoms with Gasteiger partial charge in [0.1, 0.15) is 0 Å². The molecule has 1 rings (SSSR count). The summed E-state index contributed by atoms with van der Waals surface area (Å²) in [5.41, 5.74) is 0. The fourth-order valence-electron chi connectivity index (χ4n) is 1.97. The normalized spacial score (nSPS) is 16.7. The van der Waals surface area contributed by atoms with Gasteiger partial charge in [-0.05, 0) is 18.4 Å². The zero-order chi connectivity index (χ0) is 9.84. The summed E-state index contributed by atoms with van der Waals surface area (Å²) in [5, 5.41) is 0. The molecule has 0 spiro atoms. The lowest BCUT2D eigenvalue weighted by Crippen LogP contribution is -2.48. The molecule has 1 nitrogen and oxygen atoms in total. The highest BCUT2D eigenvalue weighted by Gasteiger charge is 2.24. The SMILES string of the molecule is CC(C)N(B1[CH]C=CC=C1)C(C)C. The summed E-state index contributed by atoms with van der Waals surface area (Å²) in [4.78, 5) is 2.50. The molecule has 0 aliphatic carbocycles. The molecule has 0 unspecified atom stereocenters. The Balaban J connectivity index is 2.65. The van der Waals surface area contributed by atoms with Crippen molar-refractivity contribution < 1.29 is 0 Å². The smallest absolute Gasteiger partial charge is 0.257 e. The third-order valence-corrected chi connectivity index (χ3v) is 2.38. The molecule has 1 radical (unpaired) electrons. The molecule has 1 aliphatic heterocycles. The molecular weight excluding hydrogens is 157 g/mol. The lowest BCUT2D eigenvalue weighted by molar-refractivity contribution is 0.308. The Hall–Kier alpha value is -0.495. The van der Waals surface area contributed by atoms with Crippen LogP contribution in [-0.2, 0) is 0 Å². The first-order valence-electron chi connectivity index (χ1n) is 5.08. The van der Waals surface area contributed by atoms with Crippen LogP contribution in [0.3, 0.4) is 0 Å². The van der Waals surface area contributed by atoms with Gasteiger partial charge in [0.2, 0.25) is 0 Å². The van der Waals surface area contributed by atoms with Crippen LogP contribution in [0.1, 0.15) is 27.7 Å². The van der Waals surface area contributed by atoms with Gasteiger partial charge >= 0.3 is 0 Å². The average Bonchev–Trinajstić information content (AvgIpc) is 2.04. The molecule has 0 atom stereocenters. The van der Waals surface area contributed by atoms with Gasteiger partial charge in [-0.3, -0.25) is 0 Å². The molecule has 0 aromatic heterocycles. The molecule has 71 valence electrons. The van der Waals surface area contributed by atoms with E-state index in [2.05, 4.69) is 63.0 Å². The quantitative estimate of drug-likeness (QED) is 0.597. The third-order valence-electron chi connectivity index (χ3n) is 2.38. The van der Waals surface area contributed by atoms with Gasteiger partial charge < -0.3 is 4.81 Å². The highest BCUT2D eigenvalue weighted by Crippen LogP contribution is 2.13. The van der Waals surface area contributed by atoms with Gasteiger partial charge in [0.05, 0.1) is 0 Å². The number of hydrogen-bond acceptors (Lipinski definition) is 1. The molecular formula is C11H19BN. The van der Waals surface area contributed by atoms with E-state index in [9.17, 15) is 0 Å². The Bertz CT molecular complexity index is 198. The molecule has 0 aromatic rings. The topological polar surface area (TPSA) is 3.24 Å². The number of nitrogens with zero attached hydrogens (tertiary/aromatic N) is 1. The predicted molar refractivity (Wildman–Crippen MR) is 60.4 cm³/mol. The minimum absolute atomic E-state index is 0.477. The van der Waals surface area contributed by atoms with Crippen LogP contribution >= 0.6 is 0 Å². The standard InChI is InChI=1S/C11H19BN/c1-10(2)13(11(3)4)12-8-6-5-7-9-12/h5-11H,1-4H3. The molecule has 13 heavy (non-hydrogen) atoms. The molecule has 0 saturated carbocycles. The van der Waals surface area contributed by atoms with Crippen molar-refractivity contribution in [2.45, 2.75) is 39.8 Å². The molecule has 0 saturated heterocycles. The second-order valence-corrected chi connectivity index (χ2v) is 4.09. The molecule has 0 fully saturated rings. The van der Waals surface area contributed by atoms with Crippen molar-refractivity contribution in [1.29, 1.82) is 0 Å². The van der Waals surface area contributed by atoms with Crippen LogP contribution in [0.2, 0.25) is 0 Å². The maximum Gasteiger partial charge on any atom is 0.257 e. The summed E-state index contributed by atoms with van der Waals surface area (Å²) in [6, 6.07) is 1.19. The molecule has 0 aromatic carbocycles. The van der Waals surface area contributed by atoms with Crippen LogP contribution in [0.25, 0.3) is 0 Å². The van der Waals surface area contributed by atoms with E-state index >= 15 is 0 Å². The molecule has 0 amide bonds. The summed E-state index contributed by atoms with van der Waals surface area (Å²) < 4.78 is 0. The van der Waals surface area contributed by atoms with Crippen LogP contribution in [-0.4, -0.2) is 23.7 Å². The van der Waals surface area contributed by atoms with Crippen molar-refractivity contribution in [2.24, 2.45) is 0 Å². The zero-order valence-electron chi connectivity index (χ0n) is 9.07. The average molecular weight is 176 g/mol. The summed E-state index contributed by atoms with van der Waals surface area (Å²) in [7, 11) is 0. The Morgan fingerprint density at radius 2 is 1.54 bits per heavy atom. The van der Waals surface area contributed by atoms with E-state index in [4.69, 9.17) is 0 Å². The zero-order valence-corrected chi connectivity index (χ0v) is 9.07. The Kier molecular flexibility index (Phi) is 3.79. The van der Waals surface area contributed by atoms with Gasteiger partial charge in [-0.2, -0.15) is 0 Å². The third kappa shape index (κ3) is 2.73. The van der Waals surface area contributed by atoms with Crippen LogP contribution < -0.4 is 0 Å². The van der Waals surface area contributed by atoms with Crippen molar-refractivity contribution in [2.75, 3.05) is 0 Å². The van der Waals surface area contributed by atoms with E-state index in [0.29, 0.717) is 18.9 Å². The Labute approximate surface area is 82.6 Å². The van der Waals surface area contributed by atoms with Crippen molar-refractivity contribution in [3.8, 4) is 0 Å². The molecule has 0 N–H and O–H groups in total. The van der Waals surface area contributed by atoms with E-state index in [1.807, 2.05) is 0 Å². The number of rotatable bonds is 3. The Morgan fingerprint density at radius 1 is 0.923 bits per heavy atom. The minimum Gasteiger partial charge on any atom is -0.334 e. The van der Waals surface area contributed by atoms with Crippen LogP contribution in [0, 0.1) is 6.32 Å². The van der Waals surface area contributed by atoms with Gasteiger partial charge in [-0.15, -0.1) is 0 Å². The van der Waals surface area contributed by atoms with Gasteiger partial charge in [0.25, 0.3) is 6.85 Å². The lowest BCUT2D eigenvalue weighted by atomic mass is 9.54. The second-order valence-electron chi connectivity index (χ2n) is 4.09. The van der Waals surface area contributed by atoms with E-state index in [1.165, 1.54) is 0 Å². The fourth-order valence-corrected chi connectivity index (χ4v) is 1.97. The first-order valence-corrected chi connectivity index (χ1v) is 5.08. The maximum absolute atomic E-state index is 2.50. The molecule has 1 heterocycles. The highest BCUT2D eigenvalue weighted by atomic mass is 15.1. The predicted octanol–water partition coefficient (Wildman–Crippen LogP) is 2.51. The lowest BCUT2D eigenvalue weighted by Gasteiger charge is -2.35. The van der Waals surface area contributed by atoms with E-state index in [0.717, 1.165) is 0 Å². The van der Waals surface area contributed by atoms with Crippen LogP contribution in [0.5, 0.6) is 0 Å². The van der Waals surface area contributed by atoms with Crippen molar-refractivity contribution in [1.82, 2.24) is 4.81 Å². The van der Waals surface area contributed by atoms with Crippen molar-refractivity contribution >= 4 is 6.85 Å². The molecule has 2 heteroatoms. The van der Waals surface area contributed by atoms with Crippen LogP contribution in [0.4, 0.5) is 0 Å². The largest absolute Gasteiger partial charge is 0.334 e. The maximum atomic E-state index is 2.50. The number of allylic oxidation sites excluding steroid dienone is 3. The fraction of sp³-hybridized carbons (Fsp3) is 0.545. The second kappa shape index (κ2) is 4.66. The number of hydrogen-bond donors (Lipinski definition) is 0. The molecule has 0 bridgehead atoms. The van der Waals surface area contributed by atoms with E-state index < -0.39 is 0 Å². The summed E-state index contributed by atoms with van der Waals surface area (Å²) in [5.74, 6) is 2.25. The van der Waals surface area contributed by atoms with Gasteiger partial charge in [0, 0.05) is 0 Å². The summed E-state index contributed by atoms with van der Waals surface area (Å²) >= 11 is 0. The van der Waals surface area contributed by atoms with E-state index in [-0.39, 0.29) is 0 Å². The Morgan fingerprint density at radius 3 is 1.92 bits per heavy atom. The minimum atomic E-state index is 0.477. The molecule has 1 aliphatic rings. The van der Waals surface area contributed by atoms with Crippen molar-refractivity contribution in [3.63, 3.8) is 0 Å². The summed E-state index contributed by atoms with van der Waals surface area (Å²) in [6.07, 6.45) is 8.58. The van der Waals surface area contributed by atoms with E-state index in [1.54, 1.807) is 0 Å². The van der Waals surface area contributed by atoms with Gasteiger partial charge in [0.15, 0.2) is 0 Å². The van der Waals surface area contributed by atoms with Crippen molar-refractivity contribution in [3.05, 3.63) is 30.5 Å². The van der Waals surface area contributed by atoms with Crippen LogP contribution in [0.15, 0.2) is 24.2 Å². The highest BCUT2D eigenvalue weighted by molar-refractivity contribution is 6.66. The van der Waals surface area contributed by atoms with Gasteiger partial charge in [-0.25, -0.2) is 0 Å². The first-order chi connectivity index (χ1) is 6.13. The summed E-state index contributed by atoms with van der Waals surface area (Å²) in [6.45, 7) is 9.48. The first kappa shape index (κ1) is 10.6. The monoisotopic (exact) mass is 176 g/mol. The van der Waals surface area contributed by atoms with Gasteiger partial charge in [-0.1, -0.05) is 51.9 Å².